The Morgan fingerprint density at radius 1 is 1.15 bits per heavy atom. The fraction of sp³-hybridized carbons (Fsp3) is 0.300. The number of benzene rings is 1. The number of rotatable bonds is 7. The lowest BCUT2D eigenvalue weighted by molar-refractivity contribution is 0.0746. The molecule has 1 aromatic carbocycles. The van der Waals surface area contributed by atoms with Gasteiger partial charge in [-0.3, -0.25) is 4.79 Å². The summed E-state index contributed by atoms with van der Waals surface area (Å²) < 4.78 is 7.10. The molecular weight excluding hydrogens is 350 g/mol. The summed E-state index contributed by atoms with van der Waals surface area (Å²) in [5, 5.41) is 5.20. The molecule has 6 heteroatoms. The Kier molecular flexibility index (Phi) is 5.78. The summed E-state index contributed by atoms with van der Waals surface area (Å²) in [6, 6.07) is 12.7. The number of amides is 1. The van der Waals surface area contributed by atoms with E-state index >= 15 is 0 Å². The van der Waals surface area contributed by atoms with Crippen molar-refractivity contribution in [2.75, 3.05) is 13.1 Å². The molecule has 0 saturated carbocycles. The molecule has 2 aromatic heterocycles. The summed E-state index contributed by atoms with van der Waals surface area (Å²) in [6.07, 6.45) is 3.40. The van der Waals surface area contributed by atoms with Gasteiger partial charge in [0.15, 0.2) is 5.76 Å². The van der Waals surface area contributed by atoms with Gasteiger partial charge in [0.1, 0.15) is 11.4 Å². The maximum absolute atomic E-state index is 13.2. The van der Waals surface area contributed by atoms with E-state index in [9.17, 15) is 4.79 Å². The van der Waals surface area contributed by atoms with E-state index in [0.29, 0.717) is 35.3 Å². The third-order valence-corrected chi connectivity index (χ3v) is 4.26. The number of nitrogens with zero attached hydrogens (tertiary/aromatic N) is 3. The fourth-order valence-electron chi connectivity index (χ4n) is 2.90. The number of carbonyl (C=O) groups is 1. The highest BCUT2D eigenvalue weighted by molar-refractivity contribution is 6.30. The predicted octanol–water partition coefficient (Wildman–Crippen LogP) is 5.05. The zero-order valence-corrected chi connectivity index (χ0v) is 15.7. The molecule has 0 radical (unpaired) electrons. The van der Waals surface area contributed by atoms with Gasteiger partial charge in [-0.25, -0.2) is 4.68 Å². The summed E-state index contributed by atoms with van der Waals surface area (Å²) in [6.45, 7) is 5.56. The Balaban J connectivity index is 2.08. The lowest BCUT2D eigenvalue weighted by atomic mass is 10.2. The van der Waals surface area contributed by atoms with Crippen molar-refractivity contribution < 1.29 is 9.21 Å². The molecule has 0 bridgehead atoms. The molecule has 1 amide bonds. The van der Waals surface area contributed by atoms with Gasteiger partial charge < -0.3 is 9.32 Å². The van der Waals surface area contributed by atoms with Crippen LogP contribution in [0, 0.1) is 0 Å². The highest BCUT2D eigenvalue weighted by Gasteiger charge is 2.23. The molecule has 0 fully saturated rings. The SMILES string of the molecule is CCCN(CCC)C(=O)c1cc(-c2ccco2)nn1-c1cccc(Cl)c1. The van der Waals surface area contributed by atoms with Crippen molar-refractivity contribution in [1.82, 2.24) is 14.7 Å². The minimum absolute atomic E-state index is 0.0426. The summed E-state index contributed by atoms with van der Waals surface area (Å²) in [7, 11) is 0. The van der Waals surface area contributed by atoms with E-state index in [4.69, 9.17) is 16.0 Å². The van der Waals surface area contributed by atoms with E-state index < -0.39 is 0 Å². The highest BCUT2D eigenvalue weighted by atomic mass is 35.5. The smallest absolute Gasteiger partial charge is 0.272 e. The van der Waals surface area contributed by atoms with E-state index in [1.807, 2.05) is 23.1 Å². The molecular formula is C20H22ClN3O2. The quantitative estimate of drug-likeness (QED) is 0.584. The monoisotopic (exact) mass is 371 g/mol. The zero-order valence-electron chi connectivity index (χ0n) is 15.0. The van der Waals surface area contributed by atoms with Crippen LogP contribution in [-0.4, -0.2) is 33.7 Å². The standard InChI is InChI=1S/C20H22ClN3O2/c1-3-10-23(11-4-2)20(25)18-14-17(19-9-6-12-26-19)22-24(18)16-8-5-7-15(21)13-16/h5-9,12-14H,3-4,10-11H2,1-2H3. The average molecular weight is 372 g/mol. The van der Waals surface area contributed by atoms with Gasteiger partial charge in [0.25, 0.3) is 5.91 Å². The fourth-order valence-corrected chi connectivity index (χ4v) is 3.08. The Labute approximate surface area is 158 Å². The number of hydrogen-bond donors (Lipinski definition) is 0. The number of hydrogen-bond acceptors (Lipinski definition) is 3. The van der Waals surface area contributed by atoms with Gasteiger partial charge in [-0.15, -0.1) is 0 Å². The first-order chi connectivity index (χ1) is 12.6. The van der Waals surface area contributed by atoms with Crippen molar-refractivity contribution in [2.24, 2.45) is 0 Å². The maximum atomic E-state index is 13.2. The topological polar surface area (TPSA) is 51.3 Å². The number of halogens is 1. The van der Waals surface area contributed by atoms with Gasteiger partial charge in [-0.2, -0.15) is 5.10 Å². The zero-order chi connectivity index (χ0) is 18.5. The molecule has 5 nitrogen and oxygen atoms in total. The second-order valence-electron chi connectivity index (χ2n) is 6.08. The average Bonchev–Trinajstić information content (AvgIpc) is 3.30. The van der Waals surface area contributed by atoms with Crippen LogP contribution in [0.25, 0.3) is 17.1 Å². The summed E-state index contributed by atoms with van der Waals surface area (Å²) >= 11 is 6.14. The number of furan rings is 1. The van der Waals surface area contributed by atoms with Crippen LogP contribution < -0.4 is 0 Å². The van der Waals surface area contributed by atoms with Gasteiger partial charge in [-0.1, -0.05) is 31.5 Å². The molecule has 0 unspecified atom stereocenters. The Hall–Kier alpha value is -2.53. The molecule has 0 N–H and O–H groups in total. The van der Waals surface area contributed by atoms with Crippen LogP contribution in [-0.2, 0) is 0 Å². The molecule has 0 aliphatic heterocycles. The van der Waals surface area contributed by atoms with Crippen LogP contribution in [0.3, 0.4) is 0 Å². The van der Waals surface area contributed by atoms with Crippen molar-refractivity contribution >= 4 is 17.5 Å². The van der Waals surface area contributed by atoms with E-state index in [1.165, 1.54) is 0 Å². The Bertz CT molecular complexity index is 865. The minimum Gasteiger partial charge on any atom is -0.463 e. The van der Waals surface area contributed by atoms with E-state index in [1.54, 1.807) is 35.2 Å². The first kappa shape index (κ1) is 18.3. The predicted molar refractivity (Wildman–Crippen MR) is 103 cm³/mol. The molecule has 0 aliphatic rings. The lowest BCUT2D eigenvalue weighted by Gasteiger charge is -2.21. The first-order valence-electron chi connectivity index (χ1n) is 8.83. The maximum Gasteiger partial charge on any atom is 0.272 e. The van der Waals surface area contributed by atoms with Crippen molar-refractivity contribution in [2.45, 2.75) is 26.7 Å². The number of aromatic nitrogens is 2. The van der Waals surface area contributed by atoms with Crippen molar-refractivity contribution in [1.29, 1.82) is 0 Å². The van der Waals surface area contributed by atoms with Gasteiger partial charge in [0.2, 0.25) is 0 Å². The molecule has 3 aromatic rings. The lowest BCUT2D eigenvalue weighted by Crippen LogP contribution is -2.33. The first-order valence-corrected chi connectivity index (χ1v) is 9.21. The van der Waals surface area contributed by atoms with Crippen LogP contribution in [0.4, 0.5) is 0 Å². The molecule has 0 atom stereocenters. The van der Waals surface area contributed by atoms with Gasteiger partial charge in [0, 0.05) is 24.2 Å². The minimum atomic E-state index is -0.0426. The molecule has 26 heavy (non-hydrogen) atoms. The third-order valence-electron chi connectivity index (χ3n) is 4.03. The molecule has 3 rings (SSSR count). The Morgan fingerprint density at radius 3 is 2.54 bits per heavy atom. The van der Waals surface area contributed by atoms with E-state index in [2.05, 4.69) is 18.9 Å². The summed E-state index contributed by atoms with van der Waals surface area (Å²) in [5.74, 6) is 0.580. The van der Waals surface area contributed by atoms with Gasteiger partial charge in [-0.05, 0) is 43.2 Å². The molecule has 0 aliphatic carbocycles. The summed E-state index contributed by atoms with van der Waals surface area (Å²) in [4.78, 5) is 15.1. The van der Waals surface area contributed by atoms with Gasteiger partial charge >= 0.3 is 0 Å². The molecule has 0 spiro atoms. The van der Waals surface area contributed by atoms with Crippen LogP contribution in [0.1, 0.15) is 37.2 Å². The number of carbonyl (C=O) groups excluding carboxylic acids is 1. The second kappa shape index (κ2) is 8.23. The van der Waals surface area contributed by atoms with Crippen molar-refractivity contribution in [3.8, 4) is 17.1 Å². The van der Waals surface area contributed by atoms with Crippen molar-refractivity contribution in [3.05, 3.63) is 59.4 Å². The van der Waals surface area contributed by atoms with E-state index in [0.717, 1.165) is 18.5 Å². The van der Waals surface area contributed by atoms with Crippen LogP contribution in [0.2, 0.25) is 5.02 Å². The van der Waals surface area contributed by atoms with Crippen LogP contribution in [0.5, 0.6) is 0 Å². The molecule has 2 heterocycles. The van der Waals surface area contributed by atoms with Gasteiger partial charge in [0.05, 0.1) is 12.0 Å². The molecule has 0 saturated heterocycles. The van der Waals surface area contributed by atoms with Crippen LogP contribution >= 0.6 is 11.6 Å². The third kappa shape index (κ3) is 3.83. The Morgan fingerprint density at radius 2 is 1.92 bits per heavy atom. The van der Waals surface area contributed by atoms with Crippen molar-refractivity contribution in [3.63, 3.8) is 0 Å². The summed E-state index contributed by atoms with van der Waals surface area (Å²) in [5.41, 5.74) is 1.86. The van der Waals surface area contributed by atoms with E-state index in [-0.39, 0.29) is 5.91 Å². The van der Waals surface area contributed by atoms with Crippen LogP contribution in [0.15, 0.2) is 53.1 Å². The second-order valence-corrected chi connectivity index (χ2v) is 6.51. The normalized spacial score (nSPS) is 10.9. The molecule has 136 valence electrons. The largest absolute Gasteiger partial charge is 0.463 e. The highest BCUT2D eigenvalue weighted by Crippen LogP contribution is 2.24.